The Morgan fingerprint density at radius 2 is 2.53 bits per heavy atom. The monoisotopic (exact) mass is 265 g/mol. The lowest BCUT2D eigenvalue weighted by Crippen LogP contribution is -2.44. The molecule has 1 aromatic heterocycles. The van der Waals surface area contributed by atoms with Crippen molar-refractivity contribution < 1.29 is 9.21 Å². The van der Waals surface area contributed by atoms with Gasteiger partial charge in [-0.1, -0.05) is 6.92 Å². The van der Waals surface area contributed by atoms with Crippen molar-refractivity contribution in [2.24, 2.45) is 0 Å². The average molecular weight is 265 g/mol. The topological polar surface area (TPSA) is 57.5 Å². The summed E-state index contributed by atoms with van der Waals surface area (Å²) in [7, 11) is 0. The van der Waals surface area contributed by atoms with Gasteiger partial charge in [-0.15, -0.1) is 0 Å². The number of likely N-dealkylation sites (N-methyl/N-ethyl adjacent to an activating group) is 1. The van der Waals surface area contributed by atoms with E-state index in [-0.39, 0.29) is 11.9 Å². The second kappa shape index (κ2) is 6.73. The molecule has 0 bridgehead atoms. The van der Waals surface area contributed by atoms with Crippen molar-refractivity contribution in [3.63, 3.8) is 0 Å². The fraction of sp³-hybridized carbons (Fsp3) is 0.643. The first kappa shape index (κ1) is 14.1. The van der Waals surface area contributed by atoms with E-state index >= 15 is 0 Å². The number of rotatable bonds is 6. The van der Waals surface area contributed by atoms with Crippen LogP contribution in [0.25, 0.3) is 0 Å². The maximum absolute atomic E-state index is 12.1. The molecule has 2 atom stereocenters. The predicted molar refractivity (Wildman–Crippen MR) is 73.8 cm³/mol. The Labute approximate surface area is 114 Å². The molecule has 2 heterocycles. The summed E-state index contributed by atoms with van der Waals surface area (Å²) in [6.45, 7) is 7.41. The molecule has 2 N–H and O–H groups in total. The van der Waals surface area contributed by atoms with E-state index in [0.717, 1.165) is 31.8 Å². The molecule has 0 aliphatic carbocycles. The summed E-state index contributed by atoms with van der Waals surface area (Å²) in [6.07, 6.45) is 2.75. The summed E-state index contributed by atoms with van der Waals surface area (Å²) in [5.41, 5.74) is 0. The Balaban J connectivity index is 1.82. The first-order valence-electron chi connectivity index (χ1n) is 6.98. The third kappa shape index (κ3) is 3.81. The van der Waals surface area contributed by atoms with E-state index in [1.54, 1.807) is 6.26 Å². The van der Waals surface area contributed by atoms with Crippen molar-refractivity contribution in [1.29, 1.82) is 0 Å². The number of furan rings is 1. The molecule has 2 rings (SSSR count). The van der Waals surface area contributed by atoms with E-state index in [4.69, 9.17) is 4.42 Å². The summed E-state index contributed by atoms with van der Waals surface area (Å²) in [4.78, 5) is 14.3. The standard InChI is InChI=1S/C14H23N3O2/c1-3-17(12-6-7-15-9-12)10-14(18)16-11(2)13-5-4-8-19-13/h4-5,8,11-12,15H,3,6-7,9-10H2,1-2H3,(H,16,18). The molecular weight excluding hydrogens is 242 g/mol. The van der Waals surface area contributed by atoms with Crippen LogP contribution in [0.2, 0.25) is 0 Å². The highest BCUT2D eigenvalue weighted by Crippen LogP contribution is 2.12. The van der Waals surface area contributed by atoms with Crippen molar-refractivity contribution in [3.05, 3.63) is 24.2 Å². The Morgan fingerprint density at radius 1 is 1.68 bits per heavy atom. The van der Waals surface area contributed by atoms with E-state index in [2.05, 4.69) is 22.5 Å². The van der Waals surface area contributed by atoms with Crippen LogP contribution in [0.5, 0.6) is 0 Å². The third-order valence-electron chi connectivity index (χ3n) is 3.65. The zero-order valence-electron chi connectivity index (χ0n) is 11.7. The molecule has 1 amide bonds. The summed E-state index contributed by atoms with van der Waals surface area (Å²) in [5, 5.41) is 6.31. The fourth-order valence-electron chi connectivity index (χ4n) is 2.53. The van der Waals surface area contributed by atoms with E-state index in [1.807, 2.05) is 19.1 Å². The lowest BCUT2D eigenvalue weighted by molar-refractivity contribution is -0.123. The second-order valence-corrected chi connectivity index (χ2v) is 5.01. The molecule has 1 aromatic rings. The van der Waals surface area contributed by atoms with E-state index in [1.165, 1.54) is 0 Å². The normalized spacial score (nSPS) is 20.7. The molecule has 1 aliphatic heterocycles. The smallest absolute Gasteiger partial charge is 0.234 e. The van der Waals surface area contributed by atoms with Crippen LogP contribution in [-0.4, -0.2) is 43.0 Å². The third-order valence-corrected chi connectivity index (χ3v) is 3.65. The Kier molecular flexibility index (Phi) is 4.99. The van der Waals surface area contributed by atoms with E-state index in [0.29, 0.717) is 12.6 Å². The van der Waals surface area contributed by atoms with Crippen molar-refractivity contribution in [1.82, 2.24) is 15.5 Å². The molecule has 106 valence electrons. The molecule has 2 unspecified atom stereocenters. The maximum Gasteiger partial charge on any atom is 0.234 e. The zero-order valence-corrected chi connectivity index (χ0v) is 11.7. The number of nitrogens with zero attached hydrogens (tertiary/aromatic N) is 1. The summed E-state index contributed by atoms with van der Waals surface area (Å²) in [5.74, 6) is 0.844. The summed E-state index contributed by atoms with van der Waals surface area (Å²) < 4.78 is 5.29. The second-order valence-electron chi connectivity index (χ2n) is 5.01. The van der Waals surface area contributed by atoms with Crippen LogP contribution in [0.15, 0.2) is 22.8 Å². The van der Waals surface area contributed by atoms with Crippen LogP contribution in [0, 0.1) is 0 Å². The lowest BCUT2D eigenvalue weighted by Gasteiger charge is -2.26. The zero-order chi connectivity index (χ0) is 13.7. The van der Waals surface area contributed by atoms with Gasteiger partial charge < -0.3 is 15.1 Å². The van der Waals surface area contributed by atoms with E-state index in [9.17, 15) is 4.79 Å². The Hall–Kier alpha value is -1.33. The molecule has 1 fully saturated rings. The lowest BCUT2D eigenvalue weighted by atomic mass is 10.2. The highest BCUT2D eigenvalue weighted by Gasteiger charge is 2.23. The Bertz CT molecular complexity index is 385. The first-order valence-corrected chi connectivity index (χ1v) is 6.98. The molecule has 0 saturated carbocycles. The number of hydrogen-bond donors (Lipinski definition) is 2. The van der Waals surface area contributed by atoms with Gasteiger partial charge in [-0.25, -0.2) is 0 Å². The molecule has 0 radical (unpaired) electrons. The molecule has 5 heteroatoms. The molecule has 0 aromatic carbocycles. The number of hydrogen-bond acceptors (Lipinski definition) is 4. The van der Waals surface area contributed by atoms with Gasteiger partial charge in [0, 0.05) is 12.6 Å². The van der Waals surface area contributed by atoms with Crippen LogP contribution < -0.4 is 10.6 Å². The number of carbonyl (C=O) groups is 1. The summed E-state index contributed by atoms with van der Waals surface area (Å²) >= 11 is 0. The minimum Gasteiger partial charge on any atom is -0.467 e. The molecule has 1 saturated heterocycles. The van der Waals surface area contributed by atoms with Crippen LogP contribution in [0.3, 0.4) is 0 Å². The number of nitrogens with one attached hydrogen (secondary N) is 2. The van der Waals surface area contributed by atoms with Gasteiger partial charge in [-0.05, 0) is 38.6 Å². The van der Waals surface area contributed by atoms with Gasteiger partial charge in [-0.3, -0.25) is 9.69 Å². The Morgan fingerprint density at radius 3 is 3.11 bits per heavy atom. The predicted octanol–water partition coefficient (Wildman–Crippen LogP) is 1.14. The molecule has 5 nitrogen and oxygen atoms in total. The van der Waals surface area contributed by atoms with Gasteiger partial charge in [0.2, 0.25) is 5.91 Å². The molecule has 0 spiro atoms. The van der Waals surface area contributed by atoms with Gasteiger partial charge in [0.15, 0.2) is 0 Å². The number of carbonyl (C=O) groups excluding carboxylic acids is 1. The van der Waals surface area contributed by atoms with Crippen LogP contribution >= 0.6 is 0 Å². The maximum atomic E-state index is 12.1. The summed E-state index contributed by atoms with van der Waals surface area (Å²) in [6, 6.07) is 4.11. The molecular formula is C14H23N3O2. The fourth-order valence-corrected chi connectivity index (χ4v) is 2.53. The van der Waals surface area contributed by atoms with Crippen molar-refractivity contribution in [2.45, 2.75) is 32.4 Å². The van der Waals surface area contributed by atoms with E-state index < -0.39 is 0 Å². The van der Waals surface area contributed by atoms with Gasteiger partial charge in [0.1, 0.15) is 5.76 Å². The minimum atomic E-state index is -0.0806. The molecule has 19 heavy (non-hydrogen) atoms. The molecule has 1 aliphatic rings. The average Bonchev–Trinajstić information content (AvgIpc) is 3.07. The van der Waals surface area contributed by atoms with Gasteiger partial charge in [0.05, 0.1) is 18.8 Å². The highest BCUT2D eigenvalue weighted by molar-refractivity contribution is 5.78. The minimum absolute atomic E-state index is 0.0534. The largest absolute Gasteiger partial charge is 0.467 e. The highest BCUT2D eigenvalue weighted by atomic mass is 16.3. The SMILES string of the molecule is CCN(CC(=O)NC(C)c1ccco1)C1CCNC1. The van der Waals surface area contributed by atoms with Crippen molar-refractivity contribution in [2.75, 3.05) is 26.2 Å². The number of amides is 1. The van der Waals surface area contributed by atoms with Crippen LogP contribution in [0.1, 0.15) is 32.1 Å². The van der Waals surface area contributed by atoms with Gasteiger partial charge >= 0.3 is 0 Å². The van der Waals surface area contributed by atoms with Crippen molar-refractivity contribution >= 4 is 5.91 Å². The quantitative estimate of drug-likeness (QED) is 0.810. The van der Waals surface area contributed by atoms with Crippen LogP contribution in [-0.2, 0) is 4.79 Å². The van der Waals surface area contributed by atoms with Crippen LogP contribution in [0.4, 0.5) is 0 Å². The van der Waals surface area contributed by atoms with Gasteiger partial charge in [0.25, 0.3) is 0 Å². The van der Waals surface area contributed by atoms with Gasteiger partial charge in [-0.2, -0.15) is 0 Å². The first-order chi connectivity index (χ1) is 9.20. The van der Waals surface area contributed by atoms with Crippen molar-refractivity contribution in [3.8, 4) is 0 Å².